The Labute approximate surface area is 157 Å². The summed E-state index contributed by atoms with van der Waals surface area (Å²) < 4.78 is 18.5. The number of aryl methyl sites for hydroxylation is 1. The van der Waals surface area contributed by atoms with Gasteiger partial charge < -0.3 is 15.0 Å². The van der Waals surface area contributed by atoms with Crippen molar-refractivity contribution in [1.29, 1.82) is 0 Å². The predicted octanol–water partition coefficient (Wildman–Crippen LogP) is 2.96. The summed E-state index contributed by atoms with van der Waals surface area (Å²) in [5.41, 5.74) is 1.84. The van der Waals surface area contributed by atoms with Crippen molar-refractivity contribution in [3.05, 3.63) is 58.5 Å². The quantitative estimate of drug-likeness (QED) is 0.841. The Morgan fingerprint density at radius 1 is 1.23 bits per heavy atom. The van der Waals surface area contributed by atoms with Gasteiger partial charge >= 0.3 is 0 Å². The average molecular weight is 378 g/mol. The predicted molar refractivity (Wildman–Crippen MR) is 98.8 cm³/mol. The summed E-state index contributed by atoms with van der Waals surface area (Å²) in [7, 11) is 0. The van der Waals surface area contributed by atoms with Crippen LogP contribution in [0, 0.1) is 5.82 Å². The normalized spacial score (nSPS) is 14.3. The third-order valence-electron chi connectivity index (χ3n) is 4.26. The zero-order valence-electron chi connectivity index (χ0n) is 14.4. The molecule has 5 nitrogen and oxygen atoms in total. The van der Waals surface area contributed by atoms with E-state index in [0.29, 0.717) is 32.6 Å². The highest BCUT2D eigenvalue weighted by molar-refractivity contribution is 6.30. The van der Waals surface area contributed by atoms with Gasteiger partial charge in [-0.2, -0.15) is 0 Å². The van der Waals surface area contributed by atoms with Crippen LogP contribution in [0.25, 0.3) is 0 Å². The van der Waals surface area contributed by atoms with E-state index in [1.165, 1.54) is 12.1 Å². The number of amides is 1. The summed E-state index contributed by atoms with van der Waals surface area (Å²) in [6.07, 6.45) is 2.79. The van der Waals surface area contributed by atoms with Gasteiger partial charge in [-0.05, 0) is 41.8 Å². The standard InChI is InChI=1S/C19H21ClFN3O2/c20-16-11-15(1-3-17(16)21)13-23-19(25)4-2-14-5-6-22-18(12-14)24-7-9-26-10-8-24/h1,3,5-6,11-12H,2,4,7-10,13H2,(H,23,25). The van der Waals surface area contributed by atoms with E-state index in [2.05, 4.69) is 15.2 Å². The van der Waals surface area contributed by atoms with E-state index < -0.39 is 5.82 Å². The van der Waals surface area contributed by atoms with Gasteiger partial charge in [-0.1, -0.05) is 17.7 Å². The van der Waals surface area contributed by atoms with Crippen LogP contribution in [0.1, 0.15) is 17.5 Å². The zero-order valence-corrected chi connectivity index (χ0v) is 15.1. The summed E-state index contributed by atoms with van der Waals surface area (Å²) in [5.74, 6) is 0.401. The molecule has 7 heteroatoms. The Hall–Kier alpha value is -2.18. The summed E-state index contributed by atoms with van der Waals surface area (Å²) in [6, 6.07) is 8.39. The number of halogens is 2. The maximum atomic E-state index is 13.1. The van der Waals surface area contributed by atoms with Crippen molar-refractivity contribution in [1.82, 2.24) is 10.3 Å². The Morgan fingerprint density at radius 3 is 2.81 bits per heavy atom. The average Bonchev–Trinajstić information content (AvgIpc) is 2.68. The molecule has 1 saturated heterocycles. The summed E-state index contributed by atoms with van der Waals surface area (Å²) in [4.78, 5) is 18.7. The molecule has 1 aromatic heterocycles. The highest BCUT2D eigenvalue weighted by Crippen LogP contribution is 2.17. The molecule has 0 bridgehead atoms. The fourth-order valence-electron chi connectivity index (χ4n) is 2.78. The molecule has 0 spiro atoms. The SMILES string of the molecule is O=C(CCc1ccnc(N2CCOCC2)c1)NCc1ccc(F)c(Cl)c1. The lowest BCUT2D eigenvalue weighted by Crippen LogP contribution is -2.36. The van der Waals surface area contributed by atoms with Crippen molar-refractivity contribution in [3.63, 3.8) is 0 Å². The van der Waals surface area contributed by atoms with Gasteiger partial charge in [0.1, 0.15) is 11.6 Å². The van der Waals surface area contributed by atoms with Gasteiger partial charge in [0.15, 0.2) is 0 Å². The van der Waals surface area contributed by atoms with Crippen molar-refractivity contribution >= 4 is 23.3 Å². The maximum Gasteiger partial charge on any atom is 0.220 e. The van der Waals surface area contributed by atoms with E-state index in [0.717, 1.165) is 30.0 Å². The lowest BCUT2D eigenvalue weighted by atomic mass is 10.1. The second-order valence-corrected chi connectivity index (χ2v) is 6.55. The lowest BCUT2D eigenvalue weighted by molar-refractivity contribution is -0.121. The molecule has 0 unspecified atom stereocenters. The first-order chi connectivity index (χ1) is 12.6. The molecule has 26 heavy (non-hydrogen) atoms. The Balaban J connectivity index is 1.48. The Morgan fingerprint density at radius 2 is 2.04 bits per heavy atom. The van der Waals surface area contributed by atoms with Gasteiger partial charge in [-0.15, -0.1) is 0 Å². The number of ether oxygens (including phenoxy) is 1. The van der Waals surface area contributed by atoms with Gasteiger partial charge in [-0.3, -0.25) is 4.79 Å². The number of hydrogen-bond acceptors (Lipinski definition) is 4. The van der Waals surface area contributed by atoms with Crippen LogP contribution in [-0.4, -0.2) is 37.2 Å². The van der Waals surface area contributed by atoms with Crippen LogP contribution < -0.4 is 10.2 Å². The molecule has 0 saturated carbocycles. The number of benzene rings is 1. The van der Waals surface area contributed by atoms with Crippen LogP contribution >= 0.6 is 11.6 Å². The number of rotatable bonds is 6. The fraction of sp³-hybridized carbons (Fsp3) is 0.368. The highest BCUT2D eigenvalue weighted by atomic mass is 35.5. The first-order valence-corrected chi connectivity index (χ1v) is 8.98. The van der Waals surface area contributed by atoms with Crippen LogP contribution in [-0.2, 0) is 22.5 Å². The van der Waals surface area contributed by atoms with E-state index >= 15 is 0 Å². The van der Waals surface area contributed by atoms with E-state index in [1.54, 1.807) is 12.3 Å². The van der Waals surface area contributed by atoms with E-state index in [4.69, 9.17) is 16.3 Å². The third kappa shape index (κ3) is 5.16. The number of pyridine rings is 1. The first kappa shape index (κ1) is 18.6. The highest BCUT2D eigenvalue weighted by Gasteiger charge is 2.13. The molecule has 0 atom stereocenters. The number of nitrogens with zero attached hydrogens (tertiary/aromatic N) is 2. The van der Waals surface area contributed by atoms with Gasteiger partial charge in [-0.25, -0.2) is 9.37 Å². The number of morpholine rings is 1. The molecular weight excluding hydrogens is 357 g/mol. The minimum Gasteiger partial charge on any atom is -0.378 e. The minimum atomic E-state index is -0.462. The Kier molecular flexibility index (Phi) is 6.41. The molecule has 3 rings (SSSR count). The Bertz CT molecular complexity index is 766. The van der Waals surface area contributed by atoms with Crippen LogP contribution in [0.2, 0.25) is 5.02 Å². The molecular formula is C19H21ClFN3O2. The molecule has 0 radical (unpaired) electrons. The molecule has 1 aliphatic rings. The maximum absolute atomic E-state index is 13.1. The number of hydrogen-bond donors (Lipinski definition) is 1. The smallest absolute Gasteiger partial charge is 0.220 e. The van der Waals surface area contributed by atoms with E-state index in [9.17, 15) is 9.18 Å². The molecule has 2 aromatic rings. The van der Waals surface area contributed by atoms with Crippen LogP contribution in [0.3, 0.4) is 0 Å². The topological polar surface area (TPSA) is 54.5 Å². The molecule has 1 aromatic carbocycles. The molecule has 0 aliphatic carbocycles. The molecule has 138 valence electrons. The number of aromatic nitrogens is 1. The molecule has 1 N–H and O–H groups in total. The second-order valence-electron chi connectivity index (χ2n) is 6.15. The van der Waals surface area contributed by atoms with E-state index in [-0.39, 0.29) is 10.9 Å². The number of carbonyl (C=O) groups is 1. The fourth-order valence-corrected chi connectivity index (χ4v) is 2.98. The van der Waals surface area contributed by atoms with Crippen LogP contribution in [0.15, 0.2) is 36.5 Å². The summed E-state index contributed by atoms with van der Waals surface area (Å²) in [6.45, 7) is 3.41. The largest absolute Gasteiger partial charge is 0.378 e. The molecule has 2 heterocycles. The molecule has 1 aliphatic heterocycles. The summed E-state index contributed by atoms with van der Waals surface area (Å²) >= 11 is 5.74. The van der Waals surface area contributed by atoms with Gasteiger partial charge in [0.05, 0.1) is 18.2 Å². The third-order valence-corrected chi connectivity index (χ3v) is 4.55. The van der Waals surface area contributed by atoms with Crippen molar-refractivity contribution in [3.8, 4) is 0 Å². The molecule has 1 fully saturated rings. The van der Waals surface area contributed by atoms with Crippen molar-refractivity contribution in [2.75, 3.05) is 31.2 Å². The van der Waals surface area contributed by atoms with Gasteiger partial charge in [0, 0.05) is 32.3 Å². The number of nitrogens with one attached hydrogen (secondary N) is 1. The lowest BCUT2D eigenvalue weighted by Gasteiger charge is -2.28. The van der Waals surface area contributed by atoms with Crippen LogP contribution in [0.4, 0.5) is 10.2 Å². The van der Waals surface area contributed by atoms with Gasteiger partial charge in [0.2, 0.25) is 5.91 Å². The van der Waals surface area contributed by atoms with Gasteiger partial charge in [0.25, 0.3) is 0 Å². The number of anilines is 1. The summed E-state index contributed by atoms with van der Waals surface area (Å²) in [5, 5.41) is 2.89. The van der Waals surface area contributed by atoms with Crippen molar-refractivity contribution < 1.29 is 13.9 Å². The minimum absolute atomic E-state index is 0.0594. The first-order valence-electron chi connectivity index (χ1n) is 8.60. The second kappa shape index (κ2) is 8.96. The van der Waals surface area contributed by atoms with Crippen molar-refractivity contribution in [2.45, 2.75) is 19.4 Å². The number of carbonyl (C=O) groups excluding carboxylic acids is 1. The van der Waals surface area contributed by atoms with Crippen molar-refractivity contribution in [2.24, 2.45) is 0 Å². The monoisotopic (exact) mass is 377 g/mol. The van der Waals surface area contributed by atoms with Crippen LogP contribution in [0.5, 0.6) is 0 Å². The molecule has 1 amide bonds. The van der Waals surface area contributed by atoms with E-state index in [1.807, 2.05) is 12.1 Å². The zero-order chi connectivity index (χ0) is 18.4.